The second kappa shape index (κ2) is 8.42. The Morgan fingerprint density at radius 3 is 2.38 bits per heavy atom. The summed E-state index contributed by atoms with van der Waals surface area (Å²) in [6.45, 7) is 3.86. The number of sulfonamides is 1. The first-order valence-electron chi connectivity index (χ1n) is 8.94. The molecule has 29 heavy (non-hydrogen) atoms. The molecule has 0 aliphatic carbocycles. The SMILES string of the molecule is Cc1cc(/C=N\NC(=O)Cc2ccccc2)c(C)n1-c1ccc(S(N)(=O)=O)cc1. The van der Waals surface area contributed by atoms with Gasteiger partial charge in [0, 0.05) is 22.6 Å². The number of hydrazone groups is 1. The quantitative estimate of drug-likeness (QED) is 0.481. The maximum absolute atomic E-state index is 12.0. The molecule has 0 atom stereocenters. The van der Waals surface area contributed by atoms with Gasteiger partial charge in [-0.2, -0.15) is 5.10 Å². The zero-order valence-electron chi connectivity index (χ0n) is 16.2. The average molecular weight is 410 g/mol. The maximum Gasteiger partial charge on any atom is 0.244 e. The van der Waals surface area contributed by atoms with E-state index in [9.17, 15) is 13.2 Å². The third-order valence-corrected chi connectivity index (χ3v) is 5.42. The van der Waals surface area contributed by atoms with Gasteiger partial charge in [-0.25, -0.2) is 19.0 Å². The summed E-state index contributed by atoms with van der Waals surface area (Å²) in [5.74, 6) is -0.195. The Bertz CT molecular complexity index is 1150. The van der Waals surface area contributed by atoms with Crippen LogP contribution in [0.25, 0.3) is 5.69 Å². The second-order valence-corrected chi connectivity index (χ2v) is 8.22. The standard InChI is InChI=1S/C21H22N4O3S/c1-15-12-18(14-23-24-21(26)13-17-6-4-3-5-7-17)16(2)25(15)19-8-10-20(11-9-19)29(22,27)28/h3-12,14H,13H2,1-2H3,(H,24,26)(H2,22,27,28)/b23-14-. The van der Waals surface area contributed by atoms with Crippen LogP contribution < -0.4 is 10.6 Å². The van der Waals surface area contributed by atoms with E-state index in [-0.39, 0.29) is 17.2 Å². The van der Waals surface area contributed by atoms with E-state index in [4.69, 9.17) is 5.14 Å². The lowest BCUT2D eigenvalue weighted by molar-refractivity contribution is -0.120. The van der Waals surface area contributed by atoms with Gasteiger partial charge in [0.1, 0.15) is 0 Å². The molecular weight excluding hydrogens is 388 g/mol. The number of primary sulfonamides is 1. The van der Waals surface area contributed by atoms with Crippen LogP contribution in [0.2, 0.25) is 0 Å². The highest BCUT2D eigenvalue weighted by Crippen LogP contribution is 2.21. The minimum atomic E-state index is -3.73. The number of amides is 1. The summed E-state index contributed by atoms with van der Waals surface area (Å²) in [5, 5.41) is 9.21. The van der Waals surface area contributed by atoms with E-state index in [0.717, 1.165) is 28.2 Å². The molecule has 0 fully saturated rings. The summed E-state index contributed by atoms with van der Waals surface area (Å²) in [6.07, 6.45) is 1.86. The fourth-order valence-electron chi connectivity index (χ4n) is 3.10. The zero-order valence-corrected chi connectivity index (χ0v) is 17.0. The van der Waals surface area contributed by atoms with E-state index >= 15 is 0 Å². The molecule has 150 valence electrons. The van der Waals surface area contributed by atoms with Crippen molar-refractivity contribution in [1.29, 1.82) is 0 Å². The number of aromatic nitrogens is 1. The molecule has 3 aromatic rings. The van der Waals surface area contributed by atoms with Crippen LogP contribution in [-0.4, -0.2) is 25.1 Å². The molecule has 0 aliphatic rings. The summed E-state index contributed by atoms with van der Waals surface area (Å²) in [6, 6.07) is 17.7. The number of hydrogen-bond acceptors (Lipinski definition) is 4. The van der Waals surface area contributed by atoms with E-state index in [1.54, 1.807) is 18.3 Å². The molecule has 0 radical (unpaired) electrons. The molecule has 0 spiro atoms. The number of carbonyl (C=O) groups excluding carboxylic acids is 1. The van der Waals surface area contributed by atoms with Gasteiger partial charge in [-0.05, 0) is 49.7 Å². The molecule has 1 heterocycles. The summed E-state index contributed by atoms with van der Waals surface area (Å²) in [4.78, 5) is 12.1. The summed E-state index contributed by atoms with van der Waals surface area (Å²) >= 11 is 0. The lowest BCUT2D eigenvalue weighted by atomic mass is 10.1. The zero-order chi connectivity index (χ0) is 21.0. The first kappa shape index (κ1) is 20.5. The van der Waals surface area contributed by atoms with Crippen molar-refractivity contribution in [2.75, 3.05) is 0 Å². The Morgan fingerprint density at radius 2 is 1.76 bits per heavy atom. The predicted octanol–water partition coefficient (Wildman–Crippen LogP) is 2.43. The number of benzene rings is 2. The van der Waals surface area contributed by atoms with Crippen molar-refractivity contribution < 1.29 is 13.2 Å². The summed E-state index contributed by atoms with van der Waals surface area (Å²) in [7, 11) is -3.73. The molecule has 7 nitrogen and oxygen atoms in total. The number of rotatable bonds is 6. The van der Waals surface area contributed by atoms with Crippen LogP contribution in [0.4, 0.5) is 0 Å². The van der Waals surface area contributed by atoms with E-state index in [1.165, 1.54) is 12.1 Å². The number of aryl methyl sites for hydroxylation is 1. The Labute approximate surface area is 169 Å². The van der Waals surface area contributed by atoms with Crippen molar-refractivity contribution in [2.45, 2.75) is 25.2 Å². The van der Waals surface area contributed by atoms with E-state index in [2.05, 4.69) is 10.5 Å². The van der Waals surface area contributed by atoms with Crippen LogP contribution in [0.3, 0.4) is 0 Å². The Kier molecular flexibility index (Phi) is 5.95. The summed E-state index contributed by atoms with van der Waals surface area (Å²) < 4.78 is 24.8. The molecule has 8 heteroatoms. The van der Waals surface area contributed by atoms with Crippen LogP contribution in [0, 0.1) is 13.8 Å². The first-order chi connectivity index (χ1) is 13.8. The molecule has 0 aliphatic heterocycles. The number of hydrogen-bond donors (Lipinski definition) is 2. The molecule has 3 rings (SSSR count). The highest BCUT2D eigenvalue weighted by molar-refractivity contribution is 7.89. The molecule has 0 saturated carbocycles. The van der Waals surface area contributed by atoms with Gasteiger partial charge in [-0.3, -0.25) is 4.79 Å². The van der Waals surface area contributed by atoms with E-state index in [0.29, 0.717) is 0 Å². The van der Waals surface area contributed by atoms with Gasteiger partial charge in [-0.15, -0.1) is 0 Å². The van der Waals surface area contributed by atoms with Gasteiger partial charge in [-0.1, -0.05) is 30.3 Å². The fourth-order valence-corrected chi connectivity index (χ4v) is 3.61. The van der Waals surface area contributed by atoms with Gasteiger partial charge in [0.25, 0.3) is 0 Å². The maximum atomic E-state index is 12.0. The minimum Gasteiger partial charge on any atom is -0.318 e. The van der Waals surface area contributed by atoms with Gasteiger partial charge in [0.2, 0.25) is 15.9 Å². The predicted molar refractivity (Wildman–Crippen MR) is 112 cm³/mol. The number of nitrogens with one attached hydrogen (secondary N) is 1. The normalized spacial score (nSPS) is 11.7. The third-order valence-electron chi connectivity index (χ3n) is 4.49. The fraction of sp³-hybridized carbons (Fsp3) is 0.143. The number of carbonyl (C=O) groups is 1. The molecule has 0 unspecified atom stereocenters. The summed E-state index contributed by atoms with van der Waals surface area (Å²) in [5.41, 5.74) is 6.97. The van der Waals surface area contributed by atoms with Gasteiger partial charge >= 0.3 is 0 Å². The van der Waals surface area contributed by atoms with Crippen molar-refractivity contribution in [1.82, 2.24) is 9.99 Å². The molecule has 0 bridgehead atoms. The van der Waals surface area contributed by atoms with E-state index in [1.807, 2.05) is 54.8 Å². The first-order valence-corrected chi connectivity index (χ1v) is 10.5. The molecule has 1 aromatic heterocycles. The highest BCUT2D eigenvalue weighted by Gasteiger charge is 2.12. The van der Waals surface area contributed by atoms with Gasteiger partial charge < -0.3 is 4.57 Å². The van der Waals surface area contributed by atoms with Crippen LogP contribution >= 0.6 is 0 Å². The van der Waals surface area contributed by atoms with Crippen LogP contribution in [-0.2, 0) is 21.2 Å². The lowest BCUT2D eigenvalue weighted by Crippen LogP contribution is -2.19. The Hall–Kier alpha value is -3.23. The molecule has 1 amide bonds. The average Bonchev–Trinajstić information content (AvgIpc) is 2.95. The van der Waals surface area contributed by atoms with Crippen molar-refractivity contribution in [3.8, 4) is 5.69 Å². The van der Waals surface area contributed by atoms with Crippen LogP contribution in [0.5, 0.6) is 0 Å². The number of nitrogens with two attached hydrogens (primary N) is 1. The second-order valence-electron chi connectivity index (χ2n) is 6.66. The Morgan fingerprint density at radius 1 is 1.10 bits per heavy atom. The minimum absolute atomic E-state index is 0.0617. The van der Waals surface area contributed by atoms with Crippen LogP contribution in [0.1, 0.15) is 22.5 Å². The van der Waals surface area contributed by atoms with E-state index < -0.39 is 10.0 Å². The third kappa shape index (κ3) is 4.98. The van der Waals surface area contributed by atoms with Gasteiger partial charge in [0.05, 0.1) is 17.5 Å². The largest absolute Gasteiger partial charge is 0.318 e. The van der Waals surface area contributed by atoms with Crippen molar-refractivity contribution in [3.63, 3.8) is 0 Å². The monoisotopic (exact) mass is 410 g/mol. The van der Waals surface area contributed by atoms with Crippen LogP contribution in [0.15, 0.2) is 70.7 Å². The molecule has 2 aromatic carbocycles. The topological polar surface area (TPSA) is 107 Å². The van der Waals surface area contributed by atoms with Crippen molar-refractivity contribution in [2.24, 2.45) is 10.2 Å². The molecule has 3 N–H and O–H groups in total. The van der Waals surface area contributed by atoms with Crippen molar-refractivity contribution >= 4 is 22.1 Å². The lowest BCUT2D eigenvalue weighted by Gasteiger charge is -2.10. The highest BCUT2D eigenvalue weighted by atomic mass is 32.2. The van der Waals surface area contributed by atoms with Crippen molar-refractivity contribution in [3.05, 3.63) is 83.2 Å². The Balaban J connectivity index is 1.74. The molecule has 0 saturated heterocycles. The van der Waals surface area contributed by atoms with Gasteiger partial charge in [0.15, 0.2) is 0 Å². The smallest absolute Gasteiger partial charge is 0.244 e. The number of nitrogens with zero attached hydrogens (tertiary/aromatic N) is 2. The molecular formula is C21H22N4O3S.